The molecule has 3 rings (SSSR count). The summed E-state index contributed by atoms with van der Waals surface area (Å²) >= 11 is 1.55. The third-order valence-electron chi connectivity index (χ3n) is 2.11. The summed E-state index contributed by atoms with van der Waals surface area (Å²) in [5, 5.41) is 3.84. The van der Waals surface area contributed by atoms with Crippen molar-refractivity contribution in [1.82, 2.24) is 15.0 Å². The van der Waals surface area contributed by atoms with Crippen LogP contribution >= 0.6 is 11.3 Å². The third kappa shape index (κ3) is 1.49. The summed E-state index contributed by atoms with van der Waals surface area (Å²) in [5.74, 6) is 0.698. The molecule has 2 aromatic heterocycles. The van der Waals surface area contributed by atoms with Crippen molar-refractivity contribution in [3.63, 3.8) is 0 Å². The second-order valence-electron chi connectivity index (χ2n) is 3.09. The highest BCUT2D eigenvalue weighted by Crippen LogP contribution is 2.19. The highest BCUT2D eigenvalue weighted by atomic mass is 32.1. The van der Waals surface area contributed by atoms with Crippen LogP contribution in [0.1, 0.15) is 0 Å². The van der Waals surface area contributed by atoms with Crippen molar-refractivity contribution in [2.75, 3.05) is 0 Å². The summed E-state index contributed by atoms with van der Waals surface area (Å²) in [6.45, 7) is 0. The van der Waals surface area contributed by atoms with E-state index in [1.165, 1.54) is 0 Å². The SMILES string of the molecule is c1ccc2nc(-c3nccs3)ncc2c1. The van der Waals surface area contributed by atoms with Crippen LogP contribution in [-0.2, 0) is 0 Å². The molecule has 0 saturated heterocycles. The zero-order valence-corrected chi connectivity index (χ0v) is 8.61. The summed E-state index contributed by atoms with van der Waals surface area (Å²) in [6.07, 6.45) is 3.59. The van der Waals surface area contributed by atoms with Crippen molar-refractivity contribution in [3.8, 4) is 10.8 Å². The Morgan fingerprint density at radius 2 is 2.00 bits per heavy atom. The van der Waals surface area contributed by atoms with Gasteiger partial charge in [0.05, 0.1) is 5.52 Å². The number of thiazole rings is 1. The van der Waals surface area contributed by atoms with E-state index >= 15 is 0 Å². The number of rotatable bonds is 1. The van der Waals surface area contributed by atoms with Crippen LogP contribution in [0, 0.1) is 0 Å². The lowest BCUT2D eigenvalue weighted by atomic mass is 10.2. The van der Waals surface area contributed by atoms with Gasteiger partial charge < -0.3 is 0 Å². The van der Waals surface area contributed by atoms with Gasteiger partial charge in [0.1, 0.15) is 0 Å². The fourth-order valence-electron chi connectivity index (χ4n) is 1.41. The van der Waals surface area contributed by atoms with Crippen LogP contribution in [0.2, 0.25) is 0 Å². The molecular weight excluding hydrogens is 206 g/mol. The first-order valence-electron chi connectivity index (χ1n) is 4.55. The second kappa shape index (κ2) is 3.40. The maximum absolute atomic E-state index is 4.45. The predicted octanol–water partition coefficient (Wildman–Crippen LogP) is 2.75. The minimum atomic E-state index is 0.698. The molecule has 0 unspecified atom stereocenters. The Hall–Kier alpha value is -1.81. The molecule has 72 valence electrons. The molecule has 0 N–H and O–H groups in total. The average Bonchev–Trinajstić information content (AvgIpc) is 2.82. The molecule has 1 aromatic carbocycles. The van der Waals surface area contributed by atoms with E-state index in [-0.39, 0.29) is 0 Å². The maximum atomic E-state index is 4.45. The topological polar surface area (TPSA) is 38.7 Å². The predicted molar refractivity (Wildman–Crippen MR) is 60.6 cm³/mol. The minimum absolute atomic E-state index is 0.698. The van der Waals surface area contributed by atoms with Crippen LogP contribution < -0.4 is 0 Å². The van der Waals surface area contributed by atoms with Crippen molar-refractivity contribution in [2.24, 2.45) is 0 Å². The van der Waals surface area contributed by atoms with Crippen molar-refractivity contribution in [3.05, 3.63) is 42.0 Å². The van der Waals surface area contributed by atoms with Crippen molar-refractivity contribution < 1.29 is 0 Å². The molecular formula is C11H7N3S. The summed E-state index contributed by atoms with van der Waals surface area (Å²) in [7, 11) is 0. The lowest BCUT2D eigenvalue weighted by Crippen LogP contribution is -1.88. The highest BCUT2D eigenvalue weighted by Gasteiger charge is 2.04. The molecule has 3 nitrogen and oxygen atoms in total. The summed E-state index contributed by atoms with van der Waals surface area (Å²) in [6, 6.07) is 7.94. The Morgan fingerprint density at radius 3 is 2.87 bits per heavy atom. The first-order chi connectivity index (χ1) is 7.43. The monoisotopic (exact) mass is 213 g/mol. The smallest absolute Gasteiger partial charge is 0.189 e. The van der Waals surface area contributed by atoms with Crippen LogP contribution in [0.25, 0.3) is 21.7 Å². The Bertz CT molecular complexity index is 590. The van der Waals surface area contributed by atoms with Gasteiger partial charge in [-0.3, -0.25) is 0 Å². The standard InChI is InChI=1S/C11H7N3S/c1-2-4-9-8(3-1)7-13-10(14-9)11-12-5-6-15-11/h1-7H. The molecule has 0 atom stereocenters. The fourth-order valence-corrected chi connectivity index (χ4v) is 1.99. The molecule has 2 heterocycles. The van der Waals surface area contributed by atoms with Gasteiger partial charge in [0.25, 0.3) is 0 Å². The Balaban J connectivity index is 2.22. The number of nitrogens with zero attached hydrogens (tertiary/aromatic N) is 3. The molecule has 4 heteroatoms. The lowest BCUT2D eigenvalue weighted by molar-refractivity contribution is 1.21. The molecule has 0 fully saturated rings. The van der Waals surface area contributed by atoms with Gasteiger partial charge in [-0.1, -0.05) is 18.2 Å². The molecule has 0 aliphatic carbocycles. The van der Waals surface area contributed by atoms with E-state index in [0.717, 1.165) is 15.9 Å². The van der Waals surface area contributed by atoms with Gasteiger partial charge in [0.2, 0.25) is 0 Å². The number of fused-ring (bicyclic) bond motifs is 1. The molecule has 0 aliphatic heterocycles. The quantitative estimate of drug-likeness (QED) is 0.624. The largest absolute Gasteiger partial charge is 0.241 e. The van der Waals surface area contributed by atoms with E-state index in [1.54, 1.807) is 17.5 Å². The van der Waals surface area contributed by atoms with Crippen molar-refractivity contribution in [1.29, 1.82) is 0 Å². The summed E-state index contributed by atoms with van der Waals surface area (Å²) in [4.78, 5) is 12.9. The van der Waals surface area contributed by atoms with Gasteiger partial charge in [-0.2, -0.15) is 0 Å². The lowest BCUT2D eigenvalue weighted by Gasteiger charge is -1.98. The van der Waals surface area contributed by atoms with Gasteiger partial charge in [-0.15, -0.1) is 11.3 Å². The molecule has 0 aliphatic rings. The Morgan fingerprint density at radius 1 is 1.07 bits per heavy atom. The van der Waals surface area contributed by atoms with Crippen molar-refractivity contribution >= 4 is 22.2 Å². The summed E-state index contributed by atoms with van der Waals surface area (Å²) in [5.41, 5.74) is 0.956. The Kier molecular flexibility index (Phi) is 1.93. The molecule has 0 amide bonds. The fraction of sp³-hybridized carbons (Fsp3) is 0. The number of benzene rings is 1. The maximum Gasteiger partial charge on any atom is 0.189 e. The zero-order valence-electron chi connectivity index (χ0n) is 7.79. The van der Waals surface area contributed by atoms with Gasteiger partial charge in [-0.05, 0) is 6.07 Å². The molecule has 0 bridgehead atoms. The van der Waals surface area contributed by atoms with E-state index in [4.69, 9.17) is 0 Å². The van der Waals surface area contributed by atoms with E-state index < -0.39 is 0 Å². The Labute approximate surface area is 90.5 Å². The van der Waals surface area contributed by atoms with Crippen LogP contribution in [0.5, 0.6) is 0 Å². The molecule has 0 radical (unpaired) electrons. The number of hydrogen-bond donors (Lipinski definition) is 0. The minimum Gasteiger partial charge on any atom is -0.241 e. The van der Waals surface area contributed by atoms with Crippen LogP contribution in [-0.4, -0.2) is 15.0 Å². The molecule has 0 spiro atoms. The molecule has 0 saturated carbocycles. The van der Waals surface area contributed by atoms with Gasteiger partial charge in [0.15, 0.2) is 10.8 Å². The van der Waals surface area contributed by atoms with Crippen LogP contribution in [0.3, 0.4) is 0 Å². The number of aromatic nitrogens is 3. The highest BCUT2D eigenvalue weighted by molar-refractivity contribution is 7.13. The number of hydrogen-bond acceptors (Lipinski definition) is 4. The van der Waals surface area contributed by atoms with Crippen LogP contribution in [0.4, 0.5) is 0 Å². The van der Waals surface area contributed by atoms with E-state index in [9.17, 15) is 0 Å². The van der Waals surface area contributed by atoms with E-state index in [1.807, 2.05) is 35.8 Å². The second-order valence-corrected chi connectivity index (χ2v) is 3.98. The van der Waals surface area contributed by atoms with E-state index in [2.05, 4.69) is 15.0 Å². The first kappa shape index (κ1) is 8.49. The average molecular weight is 213 g/mol. The number of para-hydroxylation sites is 1. The van der Waals surface area contributed by atoms with Crippen molar-refractivity contribution in [2.45, 2.75) is 0 Å². The third-order valence-corrected chi connectivity index (χ3v) is 2.88. The van der Waals surface area contributed by atoms with E-state index in [0.29, 0.717) is 5.82 Å². The summed E-state index contributed by atoms with van der Waals surface area (Å²) < 4.78 is 0. The van der Waals surface area contributed by atoms with Crippen LogP contribution in [0.15, 0.2) is 42.0 Å². The molecule has 3 aromatic rings. The normalized spacial score (nSPS) is 10.7. The van der Waals surface area contributed by atoms with Gasteiger partial charge >= 0.3 is 0 Å². The first-order valence-corrected chi connectivity index (χ1v) is 5.43. The molecule has 15 heavy (non-hydrogen) atoms. The zero-order chi connectivity index (χ0) is 10.1. The van der Waals surface area contributed by atoms with Gasteiger partial charge in [0, 0.05) is 23.2 Å². The van der Waals surface area contributed by atoms with Gasteiger partial charge in [-0.25, -0.2) is 15.0 Å².